The molecule has 0 aromatic heterocycles. The topological polar surface area (TPSA) is 26.0 Å². The molecule has 0 fully saturated rings. The molecule has 0 spiro atoms. The van der Waals surface area contributed by atoms with Crippen molar-refractivity contribution in [2.75, 3.05) is 0 Å². The SMILES string of the molecule is CC#CCCC(N)C1Cc2ccccc2C1. The minimum Gasteiger partial charge on any atom is -0.327 e. The third-order valence-corrected chi connectivity index (χ3v) is 3.47. The van der Waals surface area contributed by atoms with Gasteiger partial charge in [0.25, 0.3) is 0 Å². The Kier molecular flexibility index (Phi) is 3.64. The number of hydrogen-bond donors (Lipinski definition) is 1. The third kappa shape index (κ3) is 2.46. The number of rotatable bonds is 3. The van der Waals surface area contributed by atoms with Crippen LogP contribution in [0.2, 0.25) is 0 Å². The van der Waals surface area contributed by atoms with Gasteiger partial charge in [0, 0.05) is 12.5 Å². The van der Waals surface area contributed by atoms with Gasteiger partial charge >= 0.3 is 0 Å². The highest BCUT2D eigenvalue weighted by Gasteiger charge is 2.25. The van der Waals surface area contributed by atoms with Gasteiger partial charge in [0.05, 0.1) is 0 Å². The molecule has 1 atom stereocenters. The summed E-state index contributed by atoms with van der Waals surface area (Å²) >= 11 is 0. The lowest BCUT2D eigenvalue weighted by Crippen LogP contribution is -2.30. The van der Waals surface area contributed by atoms with Gasteiger partial charge in [-0.1, -0.05) is 24.3 Å². The van der Waals surface area contributed by atoms with Gasteiger partial charge in [-0.2, -0.15) is 0 Å². The summed E-state index contributed by atoms with van der Waals surface area (Å²) in [6.07, 6.45) is 4.26. The van der Waals surface area contributed by atoms with Crippen LogP contribution in [-0.2, 0) is 12.8 Å². The Labute approximate surface area is 98.0 Å². The molecule has 0 aliphatic heterocycles. The largest absolute Gasteiger partial charge is 0.327 e. The second kappa shape index (κ2) is 5.18. The fourth-order valence-corrected chi connectivity index (χ4v) is 2.50. The average molecular weight is 213 g/mol. The number of hydrogen-bond acceptors (Lipinski definition) is 1. The van der Waals surface area contributed by atoms with Crippen LogP contribution in [-0.4, -0.2) is 6.04 Å². The first-order chi connectivity index (χ1) is 7.81. The average Bonchev–Trinajstić information content (AvgIpc) is 2.73. The smallest absolute Gasteiger partial charge is 0.0103 e. The molecule has 0 radical (unpaired) electrons. The maximum Gasteiger partial charge on any atom is 0.0103 e. The summed E-state index contributed by atoms with van der Waals surface area (Å²) < 4.78 is 0. The molecule has 1 heteroatoms. The molecule has 0 saturated heterocycles. The molecule has 84 valence electrons. The lowest BCUT2D eigenvalue weighted by molar-refractivity contribution is 0.421. The van der Waals surface area contributed by atoms with E-state index >= 15 is 0 Å². The second-order valence-corrected chi connectivity index (χ2v) is 4.57. The summed E-state index contributed by atoms with van der Waals surface area (Å²) in [5.74, 6) is 6.64. The Morgan fingerprint density at radius 1 is 1.31 bits per heavy atom. The highest BCUT2D eigenvalue weighted by Crippen LogP contribution is 2.29. The van der Waals surface area contributed by atoms with Gasteiger partial charge < -0.3 is 5.73 Å². The summed E-state index contributed by atoms with van der Waals surface area (Å²) in [7, 11) is 0. The monoisotopic (exact) mass is 213 g/mol. The van der Waals surface area contributed by atoms with Crippen molar-refractivity contribution in [1.29, 1.82) is 0 Å². The van der Waals surface area contributed by atoms with E-state index in [0.717, 1.165) is 25.7 Å². The normalized spacial score (nSPS) is 16.4. The highest BCUT2D eigenvalue weighted by molar-refractivity contribution is 5.32. The lowest BCUT2D eigenvalue weighted by atomic mass is 9.94. The maximum atomic E-state index is 6.23. The Morgan fingerprint density at radius 3 is 2.50 bits per heavy atom. The molecule has 0 amide bonds. The predicted octanol–water partition coefficient (Wildman–Crippen LogP) is 2.53. The van der Waals surface area contributed by atoms with Crippen molar-refractivity contribution in [2.24, 2.45) is 11.7 Å². The second-order valence-electron chi connectivity index (χ2n) is 4.57. The molecule has 1 nitrogen and oxygen atoms in total. The zero-order valence-electron chi connectivity index (χ0n) is 9.87. The molecular formula is C15H19N. The van der Waals surface area contributed by atoms with Crippen LogP contribution >= 0.6 is 0 Å². The number of fused-ring (bicyclic) bond motifs is 1. The van der Waals surface area contributed by atoms with Crippen LogP contribution < -0.4 is 5.73 Å². The molecule has 16 heavy (non-hydrogen) atoms. The molecular weight excluding hydrogens is 194 g/mol. The highest BCUT2D eigenvalue weighted by atomic mass is 14.7. The van der Waals surface area contributed by atoms with Crippen molar-refractivity contribution in [3.63, 3.8) is 0 Å². The van der Waals surface area contributed by atoms with Gasteiger partial charge in [-0.25, -0.2) is 0 Å². The summed E-state index contributed by atoms with van der Waals surface area (Å²) in [6, 6.07) is 9.00. The fourth-order valence-electron chi connectivity index (χ4n) is 2.50. The summed E-state index contributed by atoms with van der Waals surface area (Å²) in [5, 5.41) is 0. The quantitative estimate of drug-likeness (QED) is 0.767. The summed E-state index contributed by atoms with van der Waals surface area (Å²) in [4.78, 5) is 0. The fraction of sp³-hybridized carbons (Fsp3) is 0.467. The first-order valence-electron chi connectivity index (χ1n) is 6.03. The first kappa shape index (κ1) is 11.2. The number of benzene rings is 1. The van der Waals surface area contributed by atoms with E-state index in [0.29, 0.717) is 12.0 Å². The van der Waals surface area contributed by atoms with Crippen LogP contribution in [0.15, 0.2) is 24.3 Å². The predicted molar refractivity (Wildman–Crippen MR) is 68.0 cm³/mol. The maximum absolute atomic E-state index is 6.23. The van der Waals surface area contributed by atoms with Crippen molar-refractivity contribution < 1.29 is 0 Å². The lowest BCUT2D eigenvalue weighted by Gasteiger charge is -2.17. The standard InChI is InChI=1S/C15H19N/c1-2-3-4-9-15(16)14-10-12-7-5-6-8-13(12)11-14/h5-8,14-15H,4,9-11,16H2,1H3. The Hall–Kier alpha value is -1.26. The van der Waals surface area contributed by atoms with E-state index in [2.05, 4.69) is 36.1 Å². The van der Waals surface area contributed by atoms with Crippen molar-refractivity contribution in [1.82, 2.24) is 0 Å². The van der Waals surface area contributed by atoms with Crippen molar-refractivity contribution in [3.05, 3.63) is 35.4 Å². The molecule has 1 aliphatic rings. The van der Waals surface area contributed by atoms with Crippen molar-refractivity contribution in [3.8, 4) is 11.8 Å². The Bertz CT molecular complexity index is 386. The van der Waals surface area contributed by atoms with E-state index in [1.54, 1.807) is 0 Å². The number of nitrogens with two attached hydrogens (primary N) is 1. The molecule has 2 N–H and O–H groups in total. The molecule has 1 unspecified atom stereocenters. The van der Waals surface area contributed by atoms with Gasteiger partial charge in [0.2, 0.25) is 0 Å². The van der Waals surface area contributed by atoms with Crippen LogP contribution in [0.3, 0.4) is 0 Å². The van der Waals surface area contributed by atoms with Crippen LogP contribution in [0.25, 0.3) is 0 Å². The van der Waals surface area contributed by atoms with E-state index in [4.69, 9.17) is 5.73 Å². The molecule has 0 heterocycles. The molecule has 1 aromatic carbocycles. The van der Waals surface area contributed by atoms with Gasteiger partial charge in [-0.05, 0) is 43.2 Å². The van der Waals surface area contributed by atoms with E-state index < -0.39 is 0 Å². The summed E-state index contributed by atoms with van der Waals surface area (Å²) in [5.41, 5.74) is 9.21. The Morgan fingerprint density at radius 2 is 1.94 bits per heavy atom. The minimum atomic E-state index is 0.299. The van der Waals surface area contributed by atoms with Gasteiger partial charge in [-0.15, -0.1) is 11.8 Å². The zero-order valence-corrected chi connectivity index (χ0v) is 9.87. The first-order valence-corrected chi connectivity index (χ1v) is 6.03. The zero-order chi connectivity index (χ0) is 11.4. The molecule has 1 aliphatic carbocycles. The van der Waals surface area contributed by atoms with Gasteiger partial charge in [-0.3, -0.25) is 0 Å². The molecule has 0 saturated carbocycles. The van der Waals surface area contributed by atoms with Gasteiger partial charge in [0.15, 0.2) is 0 Å². The van der Waals surface area contributed by atoms with Crippen LogP contribution in [0.5, 0.6) is 0 Å². The van der Waals surface area contributed by atoms with Crippen LogP contribution in [0.4, 0.5) is 0 Å². The van der Waals surface area contributed by atoms with Crippen molar-refractivity contribution in [2.45, 2.75) is 38.6 Å². The van der Waals surface area contributed by atoms with Crippen LogP contribution in [0, 0.1) is 17.8 Å². The van der Waals surface area contributed by atoms with E-state index in [9.17, 15) is 0 Å². The van der Waals surface area contributed by atoms with E-state index in [-0.39, 0.29) is 0 Å². The minimum absolute atomic E-state index is 0.299. The molecule has 1 aromatic rings. The summed E-state index contributed by atoms with van der Waals surface area (Å²) in [6.45, 7) is 1.89. The van der Waals surface area contributed by atoms with E-state index in [1.165, 1.54) is 11.1 Å². The Balaban J connectivity index is 1.92. The van der Waals surface area contributed by atoms with Crippen LogP contribution in [0.1, 0.15) is 30.9 Å². The molecule has 2 rings (SSSR count). The van der Waals surface area contributed by atoms with Gasteiger partial charge in [0.1, 0.15) is 0 Å². The van der Waals surface area contributed by atoms with E-state index in [1.807, 2.05) is 6.92 Å². The molecule has 0 bridgehead atoms. The van der Waals surface area contributed by atoms with Crippen molar-refractivity contribution >= 4 is 0 Å². The third-order valence-electron chi connectivity index (χ3n) is 3.47.